The minimum atomic E-state index is 0.559. The maximum atomic E-state index is 5.79. The molecule has 0 atom stereocenters. The molecule has 0 spiro atoms. The Bertz CT molecular complexity index is 705. The van der Waals surface area contributed by atoms with Gasteiger partial charge in [-0.3, -0.25) is 0 Å². The Morgan fingerprint density at radius 2 is 1.38 bits per heavy atom. The molecule has 0 saturated carbocycles. The average Bonchev–Trinajstić information content (AvgIpc) is 2.56. The molecule has 0 fully saturated rings. The van der Waals surface area contributed by atoms with E-state index < -0.39 is 0 Å². The molecule has 0 amide bonds. The van der Waals surface area contributed by atoms with Crippen molar-refractivity contribution in [1.29, 1.82) is 0 Å². The topological polar surface area (TPSA) is 35.2 Å². The summed E-state index contributed by atoms with van der Waals surface area (Å²) in [5.74, 6) is 1.68. The molecule has 0 bridgehead atoms. The largest absolute Gasteiger partial charge is 0.457 e. The van der Waals surface area contributed by atoms with Crippen LogP contribution < -0.4 is 10.5 Å². The van der Waals surface area contributed by atoms with Crippen LogP contribution in [-0.4, -0.2) is 0 Å². The summed E-state index contributed by atoms with van der Waals surface area (Å²) in [6.07, 6.45) is 0. The van der Waals surface area contributed by atoms with E-state index in [9.17, 15) is 0 Å². The van der Waals surface area contributed by atoms with E-state index in [1.165, 1.54) is 5.56 Å². The fourth-order valence-corrected chi connectivity index (χ4v) is 2.22. The van der Waals surface area contributed by atoms with Crippen molar-refractivity contribution >= 4 is 0 Å². The zero-order valence-corrected chi connectivity index (χ0v) is 11.7. The Labute approximate surface area is 124 Å². The van der Waals surface area contributed by atoms with E-state index in [1.54, 1.807) is 0 Å². The molecule has 0 unspecified atom stereocenters. The van der Waals surface area contributed by atoms with E-state index in [-0.39, 0.29) is 0 Å². The van der Waals surface area contributed by atoms with Crippen LogP contribution in [0.1, 0.15) is 5.56 Å². The summed E-state index contributed by atoms with van der Waals surface area (Å²) in [6.45, 7) is 0.559. The molecule has 0 aliphatic rings. The molecule has 21 heavy (non-hydrogen) atoms. The number of hydrogen-bond acceptors (Lipinski definition) is 2. The van der Waals surface area contributed by atoms with Crippen LogP contribution in [-0.2, 0) is 6.54 Å². The zero-order chi connectivity index (χ0) is 14.5. The van der Waals surface area contributed by atoms with Crippen LogP contribution in [0.25, 0.3) is 11.1 Å². The third-order valence-electron chi connectivity index (χ3n) is 3.33. The number of ether oxygens (including phenoxy) is 1. The minimum Gasteiger partial charge on any atom is -0.457 e. The third-order valence-corrected chi connectivity index (χ3v) is 3.33. The van der Waals surface area contributed by atoms with Gasteiger partial charge in [0.15, 0.2) is 0 Å². The van der Waals surface area contributed by atoms with Gasteiger partial charge in [-0.2, -0.15) is 0 Å². The highest BCUT2D eigenvalue weighted by atomic mass is 16.5. The van der Waals surface area contributed by atoms with Crippen molar-refractivity contribution < 1.29 is 4.74 Å². The first kappa shape index (κ1) is 13.4. The van der Waals surface area contributed by atoms with Gasteiger partial charge in [0.05, 0.1) is 0 Å². The van der Waals surface area contributed by atoms with Crippen molar-refractivity contribution in [1.82, 2.24) is 0 Å². The normalized spacial score (nSPS) is 10.3. The lowest BCUT2D eigenvalue weighted by atomic mass is 10.0. The van der Waals surface area contributed by atoms with Crippen LogP contribution in [0.3, 0.4) is 0 Å². The maximum absolute atomic E-state index is 5.79. The summed E-state index contributed by atoms with van der Waals surface area (Å²) in [5.41, 5.74) is 9.15. The fourth-order valence-electron chi connectivity index (χ4n) is 2.22. The van der Waals surface area contributed by atoms with Crippen LogP contribution in [0.2, 0.25) is 0 Å². The molecular formula is C19H17NO. The van der Waals surface area contributed by atoms with Gasteiger partial charge < -0.3 is 10.5 Å². The van der Waals surface area contributed by atoms with Gasteiger partial charge in [-0.25, -0.2) is 0 Å². The molecule has 0 saturated heterocycles. The van der Waals surface area contributed by atoms with Crippen molar-refractivity contribution in [3.63, 3.8) is 0 Å². The lowest BCUT2D eigenvalue weighted by Gasteiger charge is -2.07. The number of para-hydroxylation sites is 1. The highest BCUT2D eigenvalue weighted by Gasteiger charge is 2.01. The number of nitrogens with two attached hydrogens (primary N) is 1. The quantitative estimate of drug-likeness (QED) is 0.755. The molecule has 0 aliphatic carbocycles. The van der Waals surface area contributed by atoms with E-state index >= 15 is 0 Å². The standard InChI is InChI=1S/C19H17NO/c20-14-15-5-4-6-17(13-15)16-9-11-19(12-10-16)21-18-7-2-1-3-8-18/h1-13H,14,20H2. The maximum Gasteiger partial charge on any atom is 0.127 e. The second kappa shape index (κ2) is 6.25. The van der Waals surface area contributed by atoms with Gasteiger partial charge in [0.2, 0.25) is 0 Å². The highest BCUT2D eigenvalue weighted by molar-refractivity contribution is 5.65. The van der Waals surface area contributed by atoms with E-state index in [0.29, 0.717) is 6.54 Å². The highest BCUT2D eigenvalue weighted by Crippen LogP contribution is 2.26. The molecular weight excluding hydrogens is 258 g/mol. The molecule has 0 aliphatic heterocycles. The third kappa shape index (κ3) is 3.30. The molecule has 0 heterocycles. The lowest BCUT2D eigenvalue weighted by Crippen LogP contribution is -1.95. The molecule has 2 heteroatoms. The predicted molar refractivity (Wildman–Crippen MR) is 86.3 cm³/mol. The predicted octanol–water partition coefficient (Wildman–Crippen LogP) is 4.60. The molecule has 0 radical (unpaired) electrons. The van der Waals surface area contributed by atoms with Crippen molar-refractivity contribution in [3.8, 4) is 22.6 Å². The summed E-state index contributed by atoms with van der Waals surface area (Å²) in [5, 5.41) is 0. The van der Waals surface area contributed by atoms with Crippen LogP contribution in [0.5, 0.6) is 11.5 Å². The first-order chi connectivity index (χ1) is 10.3. The van der Waals surface area contributed by atoms with E-state index in [2.05, 4.69) is 24.3 Å². The summed E-state index contributed by atoms with van der Waals surface area (Å²) < 4.78 is 5.79. The van der Waals surface area contributed by atoms with Gasteiger partial charge in [0, 0.05) is 6.54 Å². The van der Waals surface area contributed by atoms with E-state index in [0.717, 1.165) is 22.6 Å². The molecule has 3 aromatic carbocycles. The van der Waals surface area contributed by atoms with Crippen molar-refractivity contribution in [3.05, 3.63) is 84.4 Å². The second-order valence-electron chi connectivity index (χ2n) is 4.84. The Morgan fingerprint density at radius 3 is 2.10 bits per heavy atom. The minimum absolute atomic E-state index is 0.559. The monoisotopic (exact) mass is 275 g/mol. The van der Waals surface area contributed by atoms with Gasteiger partial charge in [0.25, 0.3) is 0 Å². The number of rotatable bonds is 4. The van der Waals surface area contributed by atoms with Gasteiger partial charge in [-0.1, -0.05) is 48.5 Å². The van der Waals surface area contributed by atoms with Crippen LogP contribution in [0, 0.1) is 0 Å². The van der Waals surface area contributed by atoms with Gasteiger partial charge >= 0.3 is 0 Å². The molecule has 2 N–H and O–H groups in total. The SMILES string of the molecule is NCc1cccc(-c2ccc(Oc3ccccc3)cc2)c1. The fraction of sp³-hybridized carbons (Fsp3) is 0.0526. The molecule has 0 aromatic heterocycles. The first-order valence-corrected chi connectivity index (χ1v) is 6.97. The average molecular weight is 275 g/mol. The van der Waals surface area contributed by atoms with Crippen molar-refractivity contribution in [2.45, 2.75) is 6.54 Å². The molecule has 104 valence electrons. The van der Waals surface area contributed by atoms with Crippen molar-refractivity contribution in [2.24, 2.45) is 5.73 Å². The van der Waals surface area contributed by atoms with E-state index in [1.807, 2.05) is 54.6 Å². The van der Waals surface area contributed by atoms with Crippen LogP contribution in [0.15, 0.2) is 78.9 Å². The summed E-state index contributed by atoms with van der Waals surface area (Å²) in [7, 11) is 0. The van der Waals surface area contributed by atoms with E-state index in [4.69, 9.17) is 10.5 Å². The smallest absolute Gasteiger partial charge is 0.127 e. The van der Waals surface area contributed by atoms with Gasteiger partial charge in [-0.15, -0.1) is 0 Å². The summed E-state index contributed by atoms with van der Waals surface area (Å²) in [6, 6.07) is 26.2. The van der Waals surface area contributed by atoms with Gasteiger partial charge in [-0.05, 0) is 47.0 Å². The Kier molecular flexibility index (Phi) is 3.99. The van der Waals surface area contributed by atoms with Crippen molar-refractivity contribution in [2.75, 3.05) is 0 Å². The number of hydrogen-bond donors (Lipinski definition) is 1. The van der Waals surface area contributed by atoms with Crippen LogP contribution >= 0.6 is 0 Å². The first-order valence-electron chi connectivity index (χ1n) is 6.97. The summed E-state index contributed by atoms with van der Waals surface area (Å²) >= 11 is 0. The lowest BCUT2D eigenvalue weighted by molar-refractivity contribution is 0.483. The molecule has 3 rings (SSSR count). The molecule has 3 aromatic rings. The Morgan fingerprint density at radius 1 is 0.667 bits per heavy atom. The second-order valence-corrected chi connectivity index (χ2v) is 4.84. The van der Waals surface area contributed by atoms with Crippen LogP contribution in [0.4, 0.5) is 0 Å². The molecule has 2 nitrogen and oxygen atoms in total. The number of benzene rings is 3. The van der Waals surface area contributed by atoms with Gasteiger partial charge in [0.1, 0.15) is 11.5 Å². The Balaban J connectivity index is 1.80. The Hall–Kier alpha value is -2.58. The zero-order valence-electron chi connectivity index (χ0n) is 11.7. The summed E-state index contributed by atoms with van der Waals surface area (Å²) in [4.78, 5) is 0.